The van der Waals surface area contributed by atoms with Crippen LogP contribution in [0.5, 0.6) is 0 Å². The fraction of sp³-hybridized carbons (Fsp3) is 0.519. The lowest BCUT2D eigenvalue weighted by Crippen LogP contribution is -2.44. The molecule has 174 valence electrons. The van der Waals surface area contributed by atoms with Crippen LogP contribution < -0.4 is 5.32 Å². The second-order valence-electron chi connectivity index (χ2n) is 9.66. The van der Waals surface area contributed by atoms with E-state index in [0.717, 1.165) is 38.9 Å². The highest BCUT2D eigenvalue weighted by Crippen LogP contribution is 2.43. The van der Waals surface area contributed by atoms with E-state index in [9.17, 15) is 4.79 Å². The maximum Gasteiger partial charge on any atom is 0.407 e. The zero-order chi connectivity index (χ0) is 23.0. The van der Waals surface area contributed by atoms with Crippen molar-refractivity contribution in [1.29, 1.82) is 0 Å². The second kappa shape index (κ2) is 11.0. The summed E-state index contributed by atoms with van der Waals surface area (Å²) >= 11 is 0. The lowest BCUT2D eigenvalue weighted by atomic mass is 9.66. The molecule has 3 rings (SSSR count). The Morgan fingerprint density at radius 3 is 2.34 bits per heavy atom. The van der Waals surface area contributed by atoms with Gasteiger partial charge in [0, 0.05) is 19.1 Å². The fourth-order valence-electron chi connectivity index (χ4n) is 4.70. The van der Waals surface area contributed by atoms with E-state index < -0.39 is 5.60 Å². The molecule has 2 aromatic carbocycles. The van der Waals surface area contributed by atoms with Crippen LogP contribution in [0.1, 0.15) is 56.7 Å². The van der Waals surface area contributed by atoms with Crippen molar-refractivity contribution in [1.82, 2.24) is 10.2 Å². The SMILES string of the molecule is COCc1ccccc1C1(c2ccccc2)CCN(CCCNC(=O)OC(C)(C)C)CC1. The molecule has 5 heteroatoms. The monoisotopic (exact) mass is 438 g/mol. The predicted octanol–water partition coefficient (Wildman–Crippen LogP) is 5.13. The van der Waals surface area contributed by atoms with Crippen molar-refractivity contribution in [2.75, 3.05) is 33.3 Å². The van der Waals surface area contributed by atoms with E-state index in [1.807, 2.05) is 20.8 Å². The van der Waals surface area contributed by atoms with Gasteiger partial charge in [-0.1, -0.05) is 54.6 Å². The minimum atomic E-state index is -0.461. The van der Waals surface area contributed by atoms with Crippen LogP contribution in [0.3, 0.4) is 0 Å². The summed E-state index contributed by atoms with van der Waals surface area (Å²) < 4.78 is 10.8. The van der Waals surface area contributed by atoms with Crippen LogP contribution in [-0.4, -0.2) is 49.9 Å². The molecule has 0 unspecified atom stereocenters. The second-order valence-corrected chi connectivity index (χ2v) is 9.66. The first-order valence-electron chi connectivity index (χ1n) is 11.7. The average molecular weight is 439 g/mol. The summed E-state index contributed by atoms with van der Waals surface area (Å²) in [6.07, 6.45) is 2.71. The number of piperidine rings is 1. The molecular formula is C27H38N2O3. The molecule has 0 bridgehead atoms. The molecule has 0 saturated carbocycles. The van der Waals surface area contributed by atoms with E-state index in [-0.39, 0.29) is 11.5 Å². The molecule has 32 heavy (non-hydrogen) atoms. The average Bonchev–Trinajstić information content (AvgIpc) is 2.77. The Hall–Kier alpha value is -2.37. The molecule has 2 aromatic rings. The first-order chi connectivity index (χ1) is 15.3. The molecule has 5 nitrogen and oxygen atoms in total. The van der Waals surface area contributed by atoms with Gasteiger partial charge in [0.25, 0.3) is 0 Å². The van der Waals surface area contributed by atoms with E-state index in [1.165, 1.54) is 16.7 Å². The molecular weight excluding hydrogens is 400 g/mol. The number of benzene rings is 2. The minimum Gasteiger partial charge on any atom is -0.444 e. The van der Waals surface area contributed by atoms with E-state index in [4.69, 9.17) is 9.47 Å². The number of hydrogen-bond acceptors (Lipinski definition) is 4. The van der Waals surface area contributed by atoms with Crippen molar-refractivity contribution >= 4 is 6.09 Å². The number of nitrogens with one attached hydrogen (secondary N) is 1. The van der Waals surface area contributed by atoms with Crippen LogP contribution in [0, 0.1) is 0 Å². The highest BCUT2D eigenvalue weighted by atomic mass is 16.6. The van der Waals surface area contributed by atoms with Crippen molar-refractivity contribution in [3.05, 3.63) is 71.3 Å². The Kier molecular flexibility index (Phi) is 8.32. The van der Waals surface area contributed by atoms with Crippen LogP contribution in [0.15, 0.2) is 54.6 Å². The van der Waals surface area contributed by atoms with Crippen LogP contribution in [0.2, 0.25) is 0 Å². The van der Waals surface area contributed by atoms with Gasteiger partial charge in [0.2, 0.25) is 0 Å². The molecule has 1 aliphatic heterocycles. The molecule has 0 spiro atoms. The largest absolute Gasteiger partial charge is 0.444 e. The third-order valence-corrected chi connectivity index (χ3v) is 6.19. The number of hydrogen-bond donors (Lipinski definition) is 1. The first-order valence-corrected chi connectivity index (χ1v) is 11.7. The van der Waals surface area contributed by atoms with Crippen molar-refractivity contribution in [3.63, 3.8) is 0 Å². The Labute approximate surface area is 193 Å². The molecule has 0 aliphatic carbocycles. The molecule has 1 N–H and O–H groups in total. The number of alkyl carbamates (subject to hydrolysis) is 1. The maximum atomic E-state index is 11.8. The third-order valence-electron chi connectivity index (χ3n) is 6.19. The van der Waals surface area contributed by atoms with Gasteiger partial charge in [0.1, 0.15) is 5.60 Å². The maximum absolute atomic E-state index is 11.8. The molecule has 0 atom stereocenters. The summed E-state index contributed by atoms with van der Waals surface area (Å²) in [5, 5.41) is 2.87. The van der Waals surface area contributed by atoms with Crippen molar-refractivity contribution in [2.45, 2.75) is 57.7 Å². The number of carbonyl (C=O) groups is 1. The smallest absolute Gasteiger partial charge is 0.407 e. The lowest BCUT2D eigenvalue weighted by Gasteiger charge is -2.44. The van der Waals surface area contributed by atoms with Gasteiger partial charge in [-0.15, -0.1) is 0 Å². The van der Waals surface area contributed by atoms with Crippen LogP contribution in [0.25, 0.3) is 0 Å². The zero-order valence-corrected chi connectivity index (χ0v) is 20.0. The third kappa shape index (κ3) is 6.33. The Morgan fingerprint density at radius 1 is 1.03 bits per heavy atom. The van der Waals surface area contributed by atoms with Gasteiger partial charge >= 0.3 is 6.09 Å². The topological polar surface area (TPSA) is 50.8 Å². The van der Waals surface area contributed by atoms with Crippen molar-refractivity contribution in [3.8, 4) is 0 Å². The molecule has 1 fully saturated rings. The minimum absolute atomic E-state index is 0.00163. The van der Waals surface area contributed by atoms with E-state index >= 15 is 0 Å². The van der Waals surface area contributed by atoms with E-state index in [1.54, 1.807) is 7.11 Å². The standard InChI is InChI=1S/C27H38N2O3/c1-26(2,3)32-25(30)28-17-10-18-29-19-15-27(16-20-29,23-12-6-5-7-13-23)24-14-9-8-11-22(24)21-31-4/h5-9,11-14H,10,15-21H2,1-4H3,(H,28,30). The van der Waals surface area contributed by atoms with Crippen molar-refractivity contribution < 1.29 is 14.3 Å². The highest BCUT2D eigenvalue weighted by molar-refractivity contribution is 5.67. The highest BCUT2D eigenvalue weighted by Gasteiger charge is 2.38. The molecule has 1 saturated heterocycles. The number of carbonyl (C=O) groups excluding carboxylic acids is 1. The number of nitrogens with zero attached hydrogens (tertiary/aromatic N) is 1. The van der Waals surface area contributed by atoms with Gasteiger partial charge in [-0.25, -0.2) is 4.79 Å². The molecule has 0 radical (unpaired) electrons. The van der Waals surface area contributed by atoms with Crippen LogP contribution in [-0.2, 0) is 21.5 Å². The summed E-state index contributed by atoms with van der Waals surface area (Å²) in [5.41, 5.74) is 3.58. The Balaban J connectivity index is 1.64. The summed E-state index contributed by atoms with van der Waals surface area (Å²) in [5.74, 6) is 0. The summed E-state index contributed by atoms with van der Waals surface area (Å²) in [7, 11) is 1.76. The number of ether oxygens (including phenoxy) is 2. The first kappa shape index (κ1) is 24.3. The molecule has 0 aromatic heterocycles. The Bertz CT molecular complexity index is 853. The molecule has 1 heterocycles. The van der Waals surface area contributed by atoms with Gasteiger partial charge in [0.15, 0.2) is 0 Å². The number of amides is 1. The number of rotatable bonds is 8. The van der Waals surface area contributed by atoms with Gasteiger partial charge in [-0.05, 0) is 76.4 Å². The normalized spacial score (nSPS) is 16.5. The van der Waals surface area contributed by atoms with Crippen LogP contribution >= 0.6 is 0 Å². The van der Waals surface area contributed by atoms with Gasteiger partial charge in [-0.2, -0.15) is 0 Å². The quantitative estimate of drug-likeness (QED) is 0.581. The summed E-state index contributed by atoms with van der Waals surface area (Å²) in [6.45, 7) is 9.93. The summed E-state index contributed by atoms with van der Waals surface area (Å²) in [4.78, 5) is 14.3. The van der Waals surface area contributed by atoms with Gasteiger partial charge in [0.05, 0.1) is 6.61 Å². The van der Waals surface area contributed by atoms with E-state index in [2.05, 4.69) is 64.8 Å². The number of likely N-dealkylation sites (tertiary alicyclic amines) is 1. The number of methoxy groups -OCH3 is 1. The lowest BCUT2D eigenvalue weighted by molar-refractivity contribution is 0.0525. The van der Waals surface area contributed by atoms with E-state index in [0.29, 0.717) is 13.2 Å². The Morgan fingerprint density at radius 2 is 1.69 bits per heavy atom. The zero-order valence-electron chi connectivity index (χ0n) is 20.0. The fourth-order valence-corrected chi connectivity index (χ4v) is 4.70. The van der Waals surface area contributed by atoms with Crippen molar-refractivity contribution in [2.24, 2.45) is 0 Å². The summed E-state index contributed by atoms with van der Waals surface area (Å²) in [6, 6.07) is 19.6. The predicted molar refractivity (Wildman–Crippen MR) is 129 cm³/mol. The van der Waals surface area contributed by atoms with Gasteiger partial charge in [-0.3, -0.25) is 0 Å². The molecule has 1 amide bonds. The van der Waals surface area contributed by atoms with Crippen LogP contribution in [0.4, 0.5) is 4.79 Å². The van der Waals surface area contributed by atoms with Gasteiger partial charge < -0.3 is 19.7 Å². The molecule has 1 aliphatic rings.